The molecule has 0 saturated carbocycles. The zero-order valence-corrected chi connectivity index (χ0v) is 13.3. The van der Waals surface area contributed by atoms with Crippen LogP contribution >= 0.6 is 0 Å². The zero-order chi connectivity index (χ0) is 15.4. The second kappa shape index (κ2) is 6.83. The highest BCUT2D eigenvalue weighted by Gasteiger charge is 2.16. The van der Waals surface area contributed by atoms with E-state index in [2.05, 4.69) is 62.0 Å². The summed E-state index contributed by atoms with van der Waals surface area (Å²) in [4.78, 5) is 0. The van der Waals surface area contributed by atoms with Crippen LogP contribution in [0.25, 0.3) is 11.1 Å². The molecule has 1 aliphatic rings. The van der Waals surface area contributed by atoms with E-state index in [1.165, 1.54) is 28.7 Å². The maximum Gasteiger partial charge on any atom is 0.119 e. The van der Waals surface area contributed by atoms with Crippen LogP contribution in [0.4, 0.5) is 0 Å². The Balaban J connectivity index is 1.79. The summed E-state index contributed by atoms with van der Waals surface area (Å²) in [6.45, 7) is 6.84. The second-order valence-corrected chi connectivity index (χ2v) is 6.09. The van der Waals surface area contributed by atoms with Gasteiger partial charge in [-0.2, -0.15) is 0 Å². The van der Waals surface area contributed by atoms with E-state index in [0.29, 0.717) is 5.92 Å². The molecule has 2 aromatic rings. The first kappa shape index (κ1) is 14.9. The molecular formula is C21H24O. The van der Waals surface area contributed by atoms with E-state index in [1.54, 1.807) is 0 Å². The van der Waals surface area contributed by atoms with Gasteiger partial charge in [0.25, 0.3) is 0 Å². The average molecular weight is 292 g/mol. The number of benzene rings is 2. The van der Waals surface area contributed by atoms with Gasteiger partial charge in [-0.25, -0.2) is 0 Å². The normalized spacial score (nSPS) is 16.9. The van der Waals surface area contributed by atoms with Gasteiger partial charge in [0.15, 0.2) is 0 Å². The molecule has 1 nitrogen and oxygen atoms in total. The quantitative estimate of drug-likeness (QED) is 0.667. The lowest BCUT2D eigenvalue weighted by molar-refractivity contribution is 0.317. The van der Waals surface area contributed by atoms with Crippen molar-refractivity contribution in [1.29, 1.82) is 0 Å². The third kappa shape index (κ3) is 3.24. The molecule has 0 amide bonds. The number of aryl methyl sites for hydroxylation is 1. The van der Waals surface area contributed by atoms with Crippen LogP contribution < -0.4 is 4.74 Å². The highest BCUT2D eigenvalue weighted by molar-refractivity contribution is 5.66. The molecule has 0 fully saturated rings. The molecular weight excluding hydrogens is 268 g/mol. The number of hydrogen-bond acceptors (Lipinski definition) is 1. The van der Waals surface area contributed by atoms with Crippen molar-refractivity contribution < 1.29 is 4.74 Å². The van der Waals surface area contributed by atoms with E-state index in [0.717, 1.165) is 31.6 Å². The Hall–Kier alpha value is -2.02. The molecule has 0 bridgehead atoms. The van der Waals surface area contributed by atoms with E-state index in [9.17, 15) is 0 Å². The van der Waals surface area contributed by atoms with Crippen molar-refractivity contribution in [2.45, 2.75) is 32.6 Å². The predicted octanol–water partition coefficient (Wildman–Crippen LogP) is 5.43. The van der Waals surface area contributed by atoms with Crippen LogP contribution in [-0.2, 0) is 12.8 Å². The maximum absolute atomic E-state index is 5.65. The van der Waals surface area contributed by atoms with Crippen molar-refractivity contribution >= 4 is 0 Å². The van der Waals surface area contributed by atoms with Gasteiger partial charge in [-0.1, -0.05) is 43.3 Å². The van der Waals surface area contributed by atoms with Gasteiger partial charge in [-0.3, -0.25) is 0 Å². The Morgan fingerprint density at radius 3 is 2.59 bits per heavy atom. The minimum Gasteiger partial charge on any atom is -0.494 e. The van der Waals surface area contributed by atoms with Gasteiger partial charge in [0.05, 0.1) is 6.61 Å². The lowest BCUT2D eigenvalue weighted by Crippen LogP contribution is -2.11. The number of rotatable bonds is 5. The van der Waals surface area contributed by atoms with E-state index in [4.69, 9.17) is 4.74 Å². The number of ether oxygens (including phenoxy) is 1. The maximum atomic E-state index is 5.65. The molecule has 3 rings (SSSR count). The lowest BCUT2D eigenvalue weighted by atomic mass is 9.83. The SMILES string of the molecule is C=CC1CCc2cc(-c3ccc(OCCC)cc3)ccc2C1. The molecule has 0 aliphatic heterocycles. The third-order valence-electron chi connectivity index (χ3n) is 4.47. The first-order valence-corrected chi connectivity index (χ1v) is 8.27. The van der Waals surface area contributed by atoms with Crippen molar-refractivity contribution in [2.24, 2.45) is 5.92 Å². The number of allylic oxidation sites excluding steroid dienone is 1. The standard InChI is InChI=1S/C21H24O/c1-3-13-22-21-11-9-17(10-12-21)19-8-7-18-14-16(4-2)5-6-20(18)15-19/h4,7-12,15-16H,2-3,5-6,13-14H2,1H3. The van der Waals surface area contributed by atoms with Crippen LogP contribution in [0.2, 0.25) is 0 Å². The molecule has 1 aliphatic carbocycles. The molecule has 114 valence electrons. The molecule has 1 heteroatoms. The molecule has 1 atom stereocenters. The van der Waals surface area contributed by atoms with Crippen molar-refractivity contribution in [1.82, 2.24) is 0 Å². The number of hydrogen-bond donors (Lipinski definition) is 0. The van der Waals surface area contributed by atoms with Crippen molar-refractivity contribution in [3.8, 4) is 16.9 Å². The van der Waals surface area contributed by atoms with Crippen molar-refractivity contribution in [3.05, 3.63) is 66.2 Å². The average Bonchev–Trinajstić information content (AvgIpc) is 2.59. The first-order valence-electron chi connectivity index (χ1n) is 8.27. The Bertz CT molecular complexity index is 639. The Labute approximate surface area is 133 Å². The summed E-state index contributed by atoms with van der Waals surface area (Å²) in [6.07, 6.45) is 6.67. The van der Waals surface area contributed by atoms with Gasteiger partial charge in [-0.05, 0) is 66.0 Å². The van der Waals surface area contributed by atoms with Crippen LogP contribution in [0.5, 0.6) is 5.75 Å². The van der Waals surface area contributed by atoms with Crippen molar-refractivity contribution in [3.63, 3.8) is 0 Å². The zero-order valence-electron chi connectivity index (χ0n) is 13.3. The predicted molar refractivity (Wildman–Crippen MR) is 93.4 cm³/mol. The van der Waals surface area contributed by atoms with Crippen LogP contribution in [0.15, 0.2) is 55.1 Å². The summed E-state index contributed by atoms with van der Waals surface area (Å²) in [5, 5.41) is 0. The van der Waals surface area contributed by atoms with E-state index in [1.807, 2.05) is 0 Å². The third-order valence-corrected chi connectivity index (χ3v) is 4.47. The fraction of sp³-hybridized carbons (Fsp3) is 0.333. The molecule has 0 saturated heterocycles. The fourth-order valence-electron chi connectivity index (χ4n) is 3.13. The Kier molecular flexibility index (Phi) is 4.62. The van der Waals surface area contributed by atoms with Crippen molar-refractivity contribution in [2.75, 3.05) is 6.61 Å². The van der Waals surface area contributed by atoms with Gasteiger partial charge in [-0.15, -0.1) is 6.58 Å². The summed E-state index contributed by atoms with van der Waals surface area (Å²) in [5.74, 6) is 1.60. The minimum atomic E-state index is 0.647. The second-order valence-electron chi connectivity index (χ2n) is 6.09. The van der Waals surface area contributed by atoms with Crippen LogP contribution in [0.3, 0.4) is 0 Å². The summed E-state index contributed by atoms with van der Waals surface area (Å²) >= 11 is 0. The first-order chi connectivity index (χ1) is 10.8. The molecule has 1 unspecified atom stereocenters. The van der Waals surface area contributed by atoms with Gasteiger partial charge >= 0.3 is 0 Å². The van der Waals surface area contributed by atoms with Crippen LogP contribution in [0.1, 0.15) is 30.9 Å². The molecule has 0 aromatic heterocycles. The smallest absolute Gasteiger partial charge is 0.119 e. The van der Waals surface area contributed by atoms with Crippen LogP contribution in [0, 0.1) is 5.92 Å². The summed E-state index contributed by atoms with van der Waals surface area (Å²) in [5.41, 5.74) is 5.56. The largest absolute Gasteiger partial charge is 0.494 e. The van der Waals surface area contributed by atoms with E-state index >= 15 is 0 Å². The molecule has 22 heavy (non-hydrogen) atoms. The van der Waals surface area contributed by atoms with Gasteiger partial charge in [0.2, 0.25) is 0 Å². The van der Waals surface area contributed by atoms with Gasteiger partial charge in [0.1, 0.15) is 5.75 Å². The fourth-order valence-corrected chi connectivity index (χ4v) is 3.13. The highest BCUT2D eigenvalue weighted by atomic mass is 16.5. The highest BCUT2D eigenvalue weighted by Crippen LogP contribution is 2.30. The Morgan fingerprint density at radius 1 is 1.09 bits per heavy atom. The summed E-state index contributed by atoms with van der Waals surface area (Å²) < 4.78 is 5.65. The van der Waals surface area contributed by atoms with E-state index < -0.39 is 0 Å². The van der Waals surface area contributed by atoms with Crippen LogP contribution in [-0.4, -0.2) is 6.61 Å². The molecule has 0 heterocycles. The lowest BCUT2D eigenvalue weighted by Gasteiger charge is -2.22. The van der Waals surface area contributed by atoms with E-state index in [-0.39, 0.29) is 0 Å². The van der Waals surface area contributed by atoms with Gasteiger partial charge in [0, 0.05) is 0 Å². The topological polar surface area (TPSA) is 9.23 Å². The Morgan fingerprint density at radius 2 is 1.86 bits per heavy atom. The molecule has 0 N–H and O–H groups in total. The molecule has 0 spiro atoms. The minimum absolute atomic E-state index is 0.647. The molecule has 0 radical (unpaired) electrons. The monoisotopic (exact) mass is 292 g/mol. The summed E-state index contributed by atoms with van der Waals surface area (Å²) in [6, 6.07) is 15.3. The molecule has 2 aromatic carbocycles. The summed E-state index contributed by atoms with van der Waals surface area (Å²) in [7, 11) is 0. The number of fused-ring (bicyclic) bond motifs is 1. The van der Waals surface area contributed by atoms with Gasteiger partial charge < -0.3 is 4.74 Å².